The Morgan fingerprint density at radius 1 is 1.12 bits per heavy atom. The van der Waals surface area contributed by atoms with Crippen LogP contribution in [-0.2, 0) is 0 Å². The van der Waals surface area contributed by atoms with Crippen molar-refractivity contribution in [2.24, 2.45) is 5.41 Å². The van der Waals surface area contributed by atoms with Crippen LogP contribution < -0.4 is 5.32 Å². The molecule has 0 spiro atoms. The van der Waals surface area contributed by atoms with Crippen molar-refractivity contribution in [2.45, 2.75) is 70.9 Å². The highest BCUT2D eigenvalue weighted by Crippen LogP contribution is 2.38. The molecular formula is C15H30N2. The van der Waals surface area contributed by atoms with Crippen LogP contribution in [0.1, 0.15) is 58.8 Å². The van der Waals surface area contributed by atoms with Crippen molar-refractivity contribution in [1.29, 1.82) is 0 Å². The van der Waals surface area contributed by atoms with Crippen molar-refractivity contribution in [3.63, 3.8) is 0 Å². The number of rotatable bonds is 3. The molecule has 2 nitrogen and oxygen atoms in total. The Labute approximate surface area is 107 Å². The number of likely N-dealkylation sites (tertiary alicyclic amines) is 1. The highest BCUT2D eigenvalue weighted by atomic mass is 15.2. The Balaban J connectivity index is 1.91. The van der Waals surface area contributed by atoms with Crippen LogP contribution in [0, 0.1) is 5.41 Å². The van der Waals surface area contributed by atoms with Gasteiger partial charge in [0, 0.05) is 18.6 Å². The van der Waals surface area contributed by atoms with Gasteiger partial charge in [-0.1, -0.05) is 20.3 Å². The summed E-state index contributed by atoms with van der Waals surface area (Å²) in [6.07, 6.45) is 9.93. The molecular weight excluding hydrogens is 208 g/mol. The van der Waals surface area contributed by atoms with Gasteiger partial charge in [0.25, 0.3) is 0 Å². The predicted octanol–water partition coefficient (Wildman–Crippen LogP) is 3.03. The summed E-state index contributed by atoms with van der Waals surface area (Å²) in [5.74, 6) is 0. The van der Waals surface area contributed by atoms with Crippen molar-refractivity contribution in [1.82, 2.24) is 10.2 Å². The summed E-state index contributed by atoms with van der Waals surface area (Å²) in [4.78, 5) is 2.83. The van der Waals surface area contributed by atoms with Crippen LogP contribution in [0.4, 0.5) is 0 Å². The smallest absolute Gasteiger partial charge is 0.0223 e. The molecule has 2 aliphatic rings. The van der Waals surface area contributed by atoms with Gasteiger partial charge < -0.3 is 5.32 Å². The Morgan fingerprint density at radius 3 is 2.47 bits per heavy atom. The zero-order valence-electron chi connectivity index (χ0n) is 12.0. The lowest BCUT2D eigenvalue weighted by Gasteiger charge is -2.45. The normalized spacial score (nSPS) is 31.6. The van der Waals surface area contributed by atoms with E-state index in [9.17, 15) is 0 Å². The third kappa shape index (κ3) is 3.45. The second-order valence-corrected chi connectivity index (χ2v) is 6.84. The lowest BCUT2D eigenvalue weighted by atomic mass is 9.74. The van der Waals surface area contributed by atoms with E-state index in [-0.39, 0.29) is 0 Å². The van der Waals surface area contributed by atoms with E-state index in [1.54, 1.807) is 0 Å². The first-order valence-electron chi connectivity index (χ1n) is 7.53. The molecule has 1 aliphatic heterocycles. The van der Waals surface area contributed by atoms with Gasteiger partial charge in [0.1, 0.15) is 0 Å². The van der Waals surface area contributed by atoms with Crippen molar-refractivity contribution in [3.8, 4) is 0 Å². The Morgan fingerprint density at radius 2 is 1.82 bits per heavy atom. The lowest BCUT2D eigenvalue weighted by Crippen LogP contribution is -2.51. The van der Waals surface area contributed by atoms with E-state index in [4.69, 9.17) is 0 Å². The Kier molecular flexibility index (Phi) is 4.48. The molecule has 0 aromatic carbocycles. The van der Waals surface area contributed by atoms with E-state index in [0.717, 1.165) is 12.1 Å². The summed E-state index contributed by atoms with van der Waals surface area (Å²) in [7, 11) is 2.09. The van der Waals surface area contributed by atoms with Gasteiger partial charge in [-0.2, -0.15) is 0 Å². The number of hydrogen-bond acceptors (Lipinski definition) is 2. The van der Waals surface area contributed by atoms with Crippen LogP contribution in [0.5, 0.6) is 0 Å². The fourth-order valence-corrected chi connectivity index (χ4v) is 3.67. The minimum Gasteiger partial charge on any atom is -0.318 e. The maximum Gasteiger partial charge on any atom is 0.0223 e. The fourth-order valence-electron chi connectivity index (χ4n) is 3.67. The van der Waals surface area contributed by atoms with E-state index in [1.807, 2.05) is 0 Å². The zero-order chi connectivity index (χ0) is 12.3. The highest BCUT2D eigenvalue weighted by molar-refractivity contribution is 4.89. The number of piperidine rings is 1. The monoisotopic (exact) mass is 238 g/mol. The first-order chi connectivity index (χ1) is 8.12. The first kappa shape index (κ1) is 13.4. The van der Waals surface area contributed by atoms with Crippen LogP contribution in [0.2, 0.25) is 0 Å². The van der Waals surface area contributed by atoms with Gasteiger partial charge in [0.05, 0.1) is 0 Å². The maximum atomic E-state index is 3.38. The number of likely N-dealkylation sites (N-methyl/N-ethyl adjacent to an activating group) is 1. The van der Waals surface area contributed by atoms with Crippen LogP contribution in [0.25, 0.3) is 0 Å². The van der Waals surface area contributed by atoms with Crippen LogP contribution in [-0.4, -0.2) is 37.1 Å². The van der Waals surface area contributed by atoms with Gasteiger partial charge in [-0.15, -0.1) is 0 Å². The van der Waals surface area contributed by atoms with Crippen molar-refractivity contribution in [2.75, 3.05) is 20.1 Å². The molecule has 0 amide bonds. The van der Waals surface area contributed by atoms with E-state index < -0.39 is 0 Å². The Bertz CT molecular complexity index is 225. The van der Waals surface area contributed by atoms with Gasteiger partial charge in [-0.3, -0.25) is 4.90 Å². The molecule has 2 rings (SSSR count). The third-order valence-electron chi connectivity index (χ3n) is 4.89. The quantitative estimate of drug-likeness (QED) is 0.813. The molecule has 1 heterocycles. The van der Waals surface area contributed by atoms with Crippen LogP contribution >= 0.6 is 0 Å². The molecule has 0 aromatic rings. The molecule has 1 saturated heterocycles. The summed E-state index contributed by atoms with van der Waals surface area (Å²) in [5, 5.41) is 3.38. The fraction of sp³-hybridized carbons (Fsp3) is 1.00. The molecule has 1 aliphatic carbocycles. The zero-order valence-corrected chi connectivity index (χ0v) is 12.0. The highest BCUT2D eigenvalue weighted by Gasteiger charge is 2.33. The van der Waals surface area contributed by atoms with Crippen molar-refractivity contribution >= 4 is 0 Å². The molecule has 2 fully saturated rings. The van der Waals surface area contributed by atoms with Crippen LogP contribution in [0.15, 0.2) is 0 Å². The summed E-state index contributed by atoms with van der Waals surface area (Å²) in [5.41, 5.74) is 0.602. The molecule has 1 N–H and O–H groups in total. The molecule has 0 radical (unpaired) electrons. The average Bonchev–Trinajstić information content (AvgIpc) is 2.31. The third-order valence-corrected chi connectivity index (χ3v) is 4.89. The second-order valence-electron chi connectivity index (χ2n) is 6.84. The van der Waals surface area contributed by atoms with Gasteiger partial charge in [0.2, 0.25) is 0 Å². The average molecular weight is 238 g/mol. The van der Waals surface area contributed by atoms with E-state index in [1.165, 1.54) is 58.0 Å². The minimum atomic E-state index is 0.602. The van der Waals surface area contributed by atoms with Gasteiger partial charge in [-0.05, 0) is 57.5 Å². The summed E-state index contributed by atoms with van der Waals surface area (Å²) in [6.45, 7) is 7.40. The molecule has 0 aromatic heterocycles. The van der Waals surface area contributed by atoms with Gasteiger partial charge in [0.15, 0.2) is 0 Å². The number of nitrogens with zero attached hydrogens (tertiary/aromatic N) is 1. The maximum absolute atomic E-state index is 3.38. The molecule has 17 heavy (non-hydrogen) atoms. The van der Waals surface area contributed by atoms with E-state index >= 15 is 0 Å². The van der Waals surface area contributed by atoms with Gasteiger partial charge >= 0.3 is 0 Å². The van der Waals surface area contributed by atoms with Crippen LogP contribution in [0.3, 0.4) is 0 Å². The largest absolute Gasteiger partial charge is 0.318 e. The molecule has 2 heteroatoms. The summed E-state index contributed by atoms with van der Waals surface area (Å²) < 4.78 is 0. The van der Waals surface area contributed by atoms with E-state index in [0.29, 0.717) is 5.41 Å². The summed E-state index contributed by atoms with van der Waals surface area (Å²) >= 11 is 0. The topological polar surface area (TPSA) is 15.3 Å². The van der Waals surface area contributed by atoms with Gasteiger partial charge in [-0.25, -0.2) is 0 Å². The standard InChI is InChI=1S/C15H30N2/c1-15(2)9-7-13(8-10-15)17-11-5-4-6-14(17)12-16-3/h13-14,16H,4-12H2,1-3H3. The SMILES string of the molecule is CNCC1CCCCN1C1CCC(C)(C)CC1. The van der Waals surface area contributed by atoms with Crippen molar-refractivity contribution in [3.05, 3.63) is 0 Å². The predicted molar refractivity (Wildman–Crippen MR) is 74.3 cm³/mol. The van der Waals surface area contributed by atoms with E-state index in [2.05, 4.69) is 31.1 Å². The first-order valence-corrected chi connectivity index (χ1v) is 7.53. The number of hydrogen-bond donors (Lipinski definition) is 1. The molecule has 1 saturated carbocycles. The second kappa shape index (κ2) is 5.71. The Hall–Kier alpha value is -0.0800. The minimum absolute atomic E-state index is 0.602. The lowest BCUT2D eigenvalue weighted by molar-refractivity contribution is 0.0488. The summed E-state index contributed by atoms with van der Waals surface area (Å²) in [6, 6.07) is 1.68. The van der Waals surface area contributed by atoms with Crippen molar-refractivity contribution < 1.29 is 0 Å². The molecule has 0 bridgehead atoms. The molecule has 100 valence electrons. The molecule has 1 atom stereocenters. The molecule has 1 unspecified atom stereocenters. The number of nitrogens with one attached hydrogen (secondary N) is 1.